The third kappa shape index (κ3) is 5.30. The maximum Gasteiger partial charge on any atom is 0.243 e. The molecule has 1 amide bonds. The van der Waals surface area contributed by atoms with Crippen LogP contribution in [0.25, 0.3) is 0 Å². The van der Waals surface area contributed by atoms with E-state index in [9.17, 15) is 17.6 Å². The smallest absolute Gasteiger partial charge is 0.243 e. The number of aryl methyl sites for hydroxylation is 1. The summed E-state index contributed by atoms with van der Waals surface area (Å²) in [6.45, 7) is 2.57. The highest BCUT2D eigenvalue weighted by Gasteiger charge is 2.38. The second kappa shape index (κ2) is 10.1. The normalized spacial score (nSPS) is 24.1. The summed E-state index contributed by atoms with van der Waals surface area (Å²) in [4.78, 5) is 14.1. The molecule has 0 spiro atoms. The maximum absolute atomic E-state index is 13.6. The van der Waals surface area contributed by atoms with Crippen LogP contribution in [0.1, 0.15) is 31.2 Å². The summed E-state index contributed by atoms with van der Waals surface area (Å²) in [5, 5.41) is 9.11. The fourth-order valence-corrected chi connectivity index (χ4v) is 5.54. The van der Waals surface area contributed by atoms with Crippen molar-refractivity contribution in [1.29, 1.82) is 5.26 Å². The van der Waals surface area contributed by atoms with Gasteiger partial charge in [-0.2, -0.15) is 9.57 Å². The van der Waals surface area contributed by atoms with Crippen molar-refractivity contribution in [3.8, 4) is 6.07 Å². The average molecular weight is 459 g/mol. The molecular formula is C20H28ClFN4O3S. The second-order valence-corrected chi connectivity index (χ2v) is 9.91. The molecule has 0 aromatic heterocycles. The van der Waals surface area contributed by atoms with E-state index in [1.165, 1.54) is 9.21 Å². The standard InChI is InChI=1S/C20H27FN4O3S.ClH/c1-14-2-4-18(5-3-14)29(27,28)24-8-6-15(7-9-24)10-19(23)20(26)25-13-16(21)11-17(25)12-22;/h2-5,15-17,19H,6-11,13,23H2,1H3;1H. The van der Waals surface area contributed by atoms with Crippen LogP contribution >= 0.6 is 12.4 Å². The molecule has 3 rings (SSSR count). The van der Waals surface area contributed by atoms with E-state index in [0.717, 1.165) is 5.56 Å². The molecule has 166 valence electrons. The highest BCUT2D eigenvalue weighted by molar-refractivity contribution is 7.89. The predicted octanol–water partition coefficient (Wildman–Crippen LogP) is 2.00. The first-order valence-electron chi connectivity index (χ1n) is 9.89. The molecule has 3 unspecified atom stereocenters. The fraction of sp³-hybridized carbons (Fsp3) is 0.600. The summed E-state index contributed by atoms with van der Waals surface area (Å²) < 4.78 is 40.6. The molecule has 2 aliphatic rings. The number of carbonyl (C=O) groups is 1. The van der Waals surface area contributed by atoms with Crippen LogP contribution in [0.2, 0.25) is 0 Å². The summed E-state index contributed by atoms with van der Waals surface area (Å²) in [7, 11) is -3.53. The van der Waals surface area contributed by atoms with Gasteiger partial charge in [0.25, 0.3) is 0 Å². The van der Waals surface area contributed by atoms with Crippen molar-refractivity contribution in [3.05, 3.63) is 29.8 Å². The number of amides is 1. The van der Waals surface area contributed by atoms with Crippen molar-refractivity contribution in [2.45, 2.75) is 55.8 Å². The number of sulfonamides is 1. The van der Waals surface area contributed by atoms with Crippen LogP contribution in [0.15, 0.2) is 29.2 Å². The minimum Gasteiger partial charge on any atom is -0.322 e. The van der Waals surface area contributed by atoms with E-state index < -0.39 is 34.2 Å². The van der Waals surface area contributed by atoms with Crippen LogP contribution in [0.4, 0.5) is 4.39 Å². The number of likely N-dealkylation sites (tertiary alicyclic amines) is 1. The quantitative estimate of drug-likeness (QED) is 0.726. The maximum atomic E-state index is 13.6. The van der Waals surface area contributed by atoms with Gasteiger partial charge < -0.3 is 10.6 Å². The highest BCUT2D eigenvalue weighted by atomic mass is 35.5. The van der Waals surface area contributed by atoms with Crippen LogP contribution in [0.3, 0.4) is 0 Å². The number of nitrogens with zero attached hydrogens (tertiary/aromatic N) is 3. The van der Waals surface area contributed by atoms with Gasteiger partial charge in [0.2, 0.25) is 15.9 Å². The summed E-state index contributed by atoms with van der Waals surface area (Å²) in [6.07, 6.45) is 0.470. The van der Waals surface area contributed by atoms with E-state index in [1.54, 1.807) is 24.3 Å². The fourth-order valence-electron chi connectivity index (χ4n) is 4.07. The zero-order valence-electron chi connectivity index (χ0n) is 16.9. The summed E-state index contributed by atoms with van der Waals surface area (Å²) in [6, 6.07) is 7.18. The number of hydrogen-bond donors (Lipinski definition) is 1. The minimum absolute atomic E-state index is 0. The number of piperidine rings is 1. The van der Waals surface area contributed by atoms with E-state index in [4.69, 9.17) is 11.0 Å². The molecule has 2 heterocycles. The van der Waals surface area contributed by atoms with Crippen molar-refractivity contribution in [2.24, 2.45) is 11.7 Å². The molecule has 2 fully saturated rings. The Labute approximate surface area is 183 Å². The predicted molar refractivity (Wildman–Crippen MR) is 113 cm³/mol. The lowest BCUT2D eigenvalue weighted by Crippen LogP contribution is -2.47. The SMILES string of the molecule is Cc1ccc(S(=O)(=O)N2CCC(CC(N)C(=O)N3CC(F)CC3C#N)CC2)cc1.Cl. The Morgan fingerprint density at radius 1 is 1.30 bits per heavy atom. The van der Waals surface area contributed by atoms with E-state index >= 15 is 0 Å². The van der Waals surface area contributed by atoms with Crippen LogP contribution in [-0.2, 0) is 14.8 Å². The molecule has 30 heavy (non-hydrogen) atoms. The van der Waals surface area contributed by atoms with Crippen molar-refractivity contribution >= 4 is 28.3 Å². The number of nitrogens with two attached hydrogens (primary N) is 1. The summed E-state index contributed by atoms with van der Waals surface area (Å²) >= 11 is 0. The zero-order chi connectivity index (χ0) is 21.2. The molecule has 0 bridgehead atoms. The molecule has 0 radical (unpaired) electrons. The van der Waals surface area contributed by atoms with Gasteiger partial charge in [-0.15, -0.1) is 12.4 Å². The first-order valence-corrected chi connectivity index (χ1v) is 11.3. The Kier molecular flexibility index (Phi) is 8.22. The van der Waals surface area contributed by atoms with Gasteiger partial charge in [0.15, 0.2) is 0 Å². The summed E-state index contributed by atoms with van der Waals surface area (Å²) in [5.41, 5.74) is 7.06. The lowest BCUT2D eigenvalue weighted by Gasteiger charge is -2.33. The molecule has 10 heteroatoms. The number of nitriles is 1. The Morgan fingerprint density at radius 2 is 1.90 bits per heavy atom. The molecule has 0 saturated carbocycles. The minimum atomic E-state index is -3.53. The van der Waals surface area contributed by atoms with Gasteiger partial charge in [0, 0.05) is 19.5 Å². The molecule has 2 N–H and O–H groups in total. The van der Waals surface area contributed by atoms with Gasteiger partial charge >= 0.3 is 0 Å². The molecule has 0 aliphatic carbocycles. The van der Waals surface area contributed by atoms with Gasteiger partial charge in [0.05, 0.1) is 23.6 Å². The first kappa shape index (κ1) is 24.5. The number of benzene rings is 1. The molecule has 2 saturated heterocycles. The Balaban J connectivity index is 0.00000320. The highest BCUT2D eigenvalue weighted by Crippen LogP contribution is 2.28. The van der Waals surface area contributed by atoms with Crippen LogP contribution < -0.4 is 5.73 Å². The van der Waals surface area contributed by atoms with Gasteiger partial charge in [-0.25, -0.2) is 12.8 Å². The largest absolute Gasteiger partial charge is 0.322 e. The van der Waals surface area contributed by atoms with Gasteiger partial charge in [-0.1, -0.05) is 17.7 Å². The Hall–Kier alpha value is -1.73. The Morgan fingerprint density at radius 3 is 2.47 bits per heavy atom. The van der Waals surface area contributed by atoms with Gasteiger partial charge in [-0.3, -0.25) is 4.79 Å². The third-order valence-corrected chi connectivity index (χ3v) is 7.73. The average Bonchev–Trinajstić information content (AvgIpc) is 3.09. The van der Waals surface area contributed by atoms with E-state index in [1.807, 2.05) is 13.0 Å². The summed E-state index contributed by atoms with van der Waals surface area (Å²) in [5.74, 6) is -0.283. The molecule has 3 atom stereocenters. The number of hydrogen-bond acceptors (Lipinski definition) is 5. The molecule has 7 nitrogen and oxygen atoms in total. The second-order valence-electron chi connectivity index (χ2n) is 7.97. The van der Waals surface area contributed by atoms with Crippen molar-refractivity contribution in [3.63, 3.8) is 0 Å². The topological polar surface area (TPSA) is 108 Å². The van der Waals surface area contributed by atoms with Crippen molar-refractivity contribution < 1.29 is 17.6 Å². The third-order valence-electron chi connectivity index (χ3n) is 5.82. The van der Waals surface area contributed by atoms with Crippen LogP contribution in [0, 0.1) is 24.2 Å². The Bertz CT molecular complexity index is 882. The monoisotopic (exact) mass is 458 g/mol. The zero-order valence-corrected chi connectivity index (χ0v) is 18.5. The number of halogens is 2. The van der Waals surface area contributed by atoms with Gasteiger partial charge in [-0.05, 0) is 44.2 Å². The van der Waals surface area contributed by atoms with Crippen molar-refractivity contribution in [2.75, 3.05) is 19.6 Å². The van der Waals surface area contributed by atoms with E-state index in [2.05, 4.69) is 0 Å². The first-order chi connectivity index (χ1) is 13.7. The van der Waals surface area contributed by atoms with E-state index in [0.29, 0.717) is 32.4 Å². The number of alkyl halides is 1. The molecular weight excluding hydrogens is 431 g/mol. The number of carbonyl (C=O) groups excluding carboxylic acids is 1. The number of rotatable bonds is 5. The van der Waals surface area contributed by atoms with Crippen LogP contribution in [-0.4, -0.2) is 61.4 Å². The lowest BCUT2D eigenvalue weighted by atomic mass is 9.91. The molecule has 1 aromatic rings. The molecule has 2 aliphatic heterocycles. The molecule has 1 aromatic carbocycles. The van der Waals surface area contributed by atoms with Gasteiger partial charge in [0.1, 0.15) is 12.2 Å². The lowest BCUT2D eigenvalue weighted by molar-refractivity contribution is -0.133. The van der Waals surface area contributed by atoms with Crippen LogP contribution in [0.5, 0.6) is 0 Å². The van der Waals surface area contributed by atoms with E-state index in [-0.39, 0.29) is 36.2 Å². The van der Waals surface area contributed by atoms with Crippen molar-refractivity contribution in [1.82, 2.24) is 9.21 Å².